The number of carbonyl (C=O) groups excluding carboxylic acids is 1. The first-order chi connectivity index (χ1) is 14.6. The van der Waals surface area contributed by atoms with Crippen molar-refractivity contribution in [2.75, 3.05) is 10.7 Å². The van der Waals surface area contributed by atoms with Gasteiger partial charge in [-0.15, -0.1) is 11.8 Å². The Bertz CT molecular complexity index is 1150. The van der Waals surface area contributed by atoms with Crippen LogP contribution in [0.25, 0.3) is 10.2 Å². The van der Waals surface area contributed by atoms with Gasteiger partial charge in [-0.05, 0) is 54.1 Å². The molecule has 2 heterocycles. The molecule has 8 heteroatoms. The SMILES string of the molecule is O=C(CCSc1ccc(F)cc1)N(Cc1cccnc1)c1nc2ccc(Cl)cc2s1. The van der Waals surface area contributed by atoms with Crippen LogP contribution in [0.15, 0.2) is 71.9 Å². The summed E-state index contributed by atoms with van der Waals surface area (Å²) in [5.74, 6) is 0.290. The van der Waals surface area contributed by atoms with E-state index in [4.69, 9.17) is 11.6 Å². The van der Waals surface area contributed by atoms with E-state index in [1.807, 2.05) is 24.3 Å². The van der Waals surface area contributed by atoms with Gasteiger partial charge in [-0.3, -0.25) is 14.7 Å². The van der Waals surface area contributed by atoms with Crippen LogP contribution in [0, 0.1) is 5.82 Å². The van der Waals surface area contributed by atoms with E-state index in [0.29, 0.717) is 28.9 Å². The molecule has 0 aliphatic rings. The predicted molar refractivity (Wildman–Crippen MR) is 122 cm³/mol. The van der Waals surface area contributed by atoms with Crippen LogP contribution >= 0.6 is 34.7 Å². The van der Waals surface area contributed by atoms with Crippen LogP contribution < -0.4 is 4.90 Å². The summed E-state index contributed by atoms with van der Waals surface area (Å²) in [7, 11) is 0. The quantitative estimate of drug-likeness (QED) is 0.310. The molecule has 4 nitrogen and oxygen atoms in total. The van der Waals surface area contributed by atoms with Crippen LogP contribution in [0.3, 0.4) is 0 Å². The number of halogens is 2. The van der Waals surface area contributed by atoms with E-state index in [9.17, 15) is 9.18 Å². The van der Waals surface area contributed by atoms with Crippen molar-refractivity contribution in [3.63, 3.8) is 0 Å². The third-order valence-electron chi connectivity index (χ3n) is 4.33. The highest BCUT2D eigenvalue weighted by atomic mass is 35.5. The molecule has 152 valence electrons. The fourth-order valence-electron chi connectivity index (χ4n) is 2.86. The zero-order valence-corrected chi connectivity index (χ0v) is 18.2. The Kier molecular flexibility index (Phi) is 6.62. The highest BCUT2D eigenvalue weighted by Crippen LogP contribution is 2.32. The predicted octanol–water partition coefficient (Wildman–Crippen LogP) is 6.20. The van der Waals surface area contributed by atoms with E-state index >= 15 is 0 Å². The fourth-order valence-corrected chi connectivity index (χ4v) is 4.96. The van der Waals surface area contributed by atoms with Gasteiger partial charge >= 0.3 is 0 Å². The molecular weight excluding hydrogens is 441 g/mol. The normalized spacial score (nSPS) is 11.0. The summed E-state index contributed by atoms with van der Waals surface area (Å²) < 4.78 is 14.0. The van der Waals surface area contributed by atoms with Crippen molar-refractivity contribution >= 4 is 56.0 Å². The number of hydrogen-bond donors (Lipinski definition) is 0. The fraction of sp³-hybridized carbons (Fsp3) is 0.136. The summed E-state index contributed by atoms with van der Waals surface area (Å²) in [4.78, 5) is 24.5. The average Bonchev–Trinajstić information content (AvgIpc) is 3.17. The zero-order valence-electron chi connectivity index (χ0n) is 15.8. The molecule has 0 aliphatic carbocycles. The number of amides is 1. The number of hydrogen-bond acceptors (Lipinski definition) is 5. The Morgan fingerprint density at radius 2 is 2.00 bits per heavy atom. The van der Waals surface area contributed by atoms with Gasteiger partial charge in [0.25, 0.3) is 0 Å². The van der Waals surface area contributed by atoms with Gasteiger partial charge in [0.15, 0.2) is 5.13 Å². The number of nitrogens with zero attached hydrogens (tertiary/aromatic N) is 3. The van der Waals surface area contributed by atoms with E-state index < -0.39 is 0 Å². The third-order valence-corrected chi connectivity index (χ3v) is 6.62. The molecule has 0 saturated carbocycles. The average molecular weight is 458 g/mol. The van der Waals surface area contributed by atoms with Gasteiger partial charge < -0.3 is 0 Å². The maximum atomic E-state index is 13.1. The lowest BCUT2D eigenvalue weighted by molar-refractivity contribution is -0.118. The summed E-state index contributed by atoms with van der Waals surface area (Å²) >= 11 is 9.06. The number of aromatic nitrogens is 2. The van der Waals surface area contributed by atoms with Crippen molar-refractivity contribution in [1.82, 2.24) is 9.97 Å². The molecule has 0 N–H and O–H groups in total. The van der Waals surface area contributed by atoms with E-state index in [1.165, 1.54) is 35.2 Å². The number of carbonyl (C=O) groups is 1. The van der Waals surface area contributed by atoms with Crippen molar-refractivity contribution in [2.24, 2.45) is 0 Å². The number of benzene rings is 2. The van der Waals surface area contributed by atoms with Crippen LogP contribution in [-0.4, -0.2) is 21.6 Å². The molecule has 0 atom stereocenters. The Balaban J connectivity index is 1.52. The topological polar surface area (TPSA) is 46.1 Å². The highest BCUT2D eigenvalue weighted by molar-refractivity contribution is 7.99. The second-order valence-corrected chi connectivity index (χ2v) is 9.12. The number of thioether (sulfide) groups is 1. The number of anilines is 1. The first kappa shape index (κ1) is 20.8. The number of thiazole rings is 1. The second kappa shape index (κ2) is 9.55. The van der Waals surface area contributed by atoms with Gasteiger partial charge in [0.1, 0.15) is 5.82 Å². The van der Waals surface area contributed by atoms with Crippen LogP contribution in [0.1, 0.15) is 12.0 Å². The van der Waals surface area contributed by atoms with E-state index in [-0.39, 0.29) is 11.7 Å². The monoisotopic (exact) mass is 457 g/mol. The van der Waals surface area contributed by atoms with Crippen molar-refractivity contribution in [3.8, 4) is 0 Å². The maximum absolute atomic E-state index is 13.1. The van der Waals surface area contributed by atoms with Crippen LogP contribution in [0.4, 0.5) is 9.52 Å². The highest BCUT2D eigenvalue weighted by Gasteiger charge is 2.20. The lowest BCUT2D eigenvalue weighted by Gasteiger charge is -2.20. The van der Waals surface area contributed by atoms with Gasteiger partial charge in [-0.1, -0.05) is 29.0 Å². The summed E-state index contributed by atoms with van der Waals surface area (Å²) in [6.07, 6.45) is 3.78. The number of rotatable bonds is 7. The van der Waals surface area contributed by atoms with Crippen molar-refractivity contribution in [1.29, 1.82) is 0 Å². The maximum Gasteiger partial charge on any atom is 0.229 e. The molecule has 0 saturated heterocycles. The third kappa shape index (κ3) is 5.16. The van der Waals surface area contributed by atoms with Gasteiger partial charge in [0.2, 0.25) is 5.91 Å². The molecule has 30 heavy (non-hydrogen) atoms. The van der Waals surface area contributed by atoms with E-state index in [1.54, 1.807) is 35.5 Å². The van der Waals surface area contributed by atoms with E-state index in [0.717, 1.165) is 20.7 Å². The summed E-state index contributed by atoms with van der Waals surface area (Å²) in [5, 5.41) is 1.27. The minimum atomic E-state index is -0.269. The summed E-state index contributed by atoms with van der Waals surface area (Å²) in [5.41, 5.74) is 1.73. The molecule has 0 spiro atoms. The molecule has 0 unspecified atom stereocenters. The molecule has 2 aromatic carbocycles. The zero-order chi connectivity index (χ0) is 20.9. The van der Waals surface area contributed by atoms with Crippen LogP contribution in [0.5, 0.6) is 0 Å². The van der Waals surface area contributed by atoms with Gasteiger partial charge in [-0.25, -0.2) is 9.37 Å². The Labute approximate surface area is 186 Å². The van der Waals surface area contributed by atoms with Crippen LogP contribution in [0.2, 0.25) is 5.02 Å². The van der Waals surface area contributed by atoms with Crippen molar-refractivity contribution in [3.05, 3.63) is 83.4 Å². The molecule has 4 aromatic rings. The second-order valence-electron chi connectivity index (χ2n) is 6.50. The molecular formula is C22H17ClFN3OS2. The molecule has 0 radical (unpaired) electrons. The van der Waals surface area contributed by atoms with Crippen molar-refractivity contribution < 1.29 is 9.18 Å². The lowest BCUT2D eigenvalue weighted by Crippen LogP contribution is -2.30. The Morgan fingerprint density at radius 1 is 1.17 bits per heavy atom. The molecule has 1 amide bonds. The summed E-state index contributed by atoms with van der Waals surface area (Å²) in [6, 6.07) is 15.6. The van der Waals surface area contributed by atoms with Crippen LogP contribution in [-0.2, 0) is 11.3 Å². The van der Waals surface area contributed by atoms with Gasteiger partial charge in [0, 0.05) is 34.5 Å². The number of pyridine rings is 1. The van der Waals surface area contributed by atoms with Gasteiger partial charge in [-0.2, -0.15) is 0 Å². The molecule has 0 fully saturated rings. The standard InChI is InChI=1S/C22H17ClFN3OS2/c23-16-3-8-19-20(12-16)30-22(26-19)27(14-15-2-1-10-25-13-15)21(28)9-11-29-18-6-4-17(24)5-7-18/h1-8,10,12-13H,9,11,14H2. The molecule has 0 bridgehead atoms. The largest absolute Gasteiger partial charge is 0.284 e. The molecule has 2 aromatic heterocycles. The first-order valence-electron chi connectivity index (χ1n) is 9.22. The number of fused-ring (bicyclic) bond motifs is 1. The minimum absolute atomic E-state index is 0.0291. The van der Waals surface area contributed by atoms with Crippen molar-refractivity contribution in [2.45, 2.75) is 17.9 Å². The minimum Gasteiger partial charge on any atom is -0.284 e. The van der Waals surface area contributed by atoms with Gasteiger partial charge in [0.05, 0.1) is 16.8 Å². The smallest absolute Gasteiger partial charge is 0.229 e. The lowest BCUT2D eigenvalue weighted by atomic mass is 10.2. The Hall–Kier alpha value is -2.48. The van der Waals surface area contributed by atoms with E-state index in [2.05, 4.69) is 9.97 Å². The molecule has 4 rings (SSSR count). The summed E-state index contributed by atoms with van der Waals surface area (Å²) in [6.45, 7) is 0.390. The molecule has 0 aliphatic heterocycles. The Morgan fingerprint density at radius 3 is 2.77 bits per heavy atom. The first-order valence-corrected chi connectivity index (χ1v) is 11.4.